The topological polar surface area (TPSA) is 75.2 Å². The van der Waals surface area contributed by atoms with Crippen molar-refractivity contribution in [3.05, 3.63) is 102 Å². The van der Waals surface area contributed by atoms with Crippen LogP contribution in [-0.2, 0) is 12.4 Å². The molecule has 2 heterocycles. The van der Waals surface area contributed by atoms with Crippen molar-refractivity contribution in [3.8, 4) is 28.3 Å². The summed E-state index contributed by atoms with van der Waals surface area (Å²) in [4.78, 5) is 0. The first-order valence-electron chi connectivity index (χ1n) is 11.1. The smallest absolute Gasteiger partial charge is 0.196 e. The van der Waals surface area contributed by atoms with Gasteiger partial charge in [0.1, 0.15) is 23.9 Å². The highest BCUT2D eigenvalue weighted by molar-refractivity contribution is 7.98. The predicted molar refractivity (Wildman–Crippen MR) is 135 cm³/mol. The molecule has 0 fully saturated rings. The van der Waals surface area contributed by atoms with E-state index >= 15 is 0 Å². The third kappa shape index (κ3) is 5.07. The fourth-order valence-corrected chi connectivity index (χ4v) is 4.60. The van der Waals surface area contributed by atoms with Crippen LogP contribution in [0.5, 0.6) is 11.5 Å². The van der Waals surface area contributed by atoms with Crippen LogP contribution in [0.4, 0.5) is 0 Å². The molecule has 176 valence electrons. The summed E-state index contributed by atoms with van der Waals surface area (Å²) in [5, 5.41) is 13.7. The van der Waals surface area contributed by atoms with Gasteiger partial charge in [0.15, 0.2) is 11.0 Å². The van der Waals surface area contributed by atoms with Crippen molar-refractivity contribution in [2.45, 2.75) is 24.4 Å². The summed E-state index contributed by atoms with van der Waals surface area (Å²) in [6, 6.07) is 27.9. The molecule has 35 heavy (non-hydrogen) atoms. The fourth-order valence-electron chi connectivity index (χ4n) is 3.76. The lowest BCUT2D eigenvalue weighted by atomic mass is 10.1. The molecule has 0 amide bonds. The summed E-state index contributed by atoms with van der Waals surface area (Å²) in [5.74, 6) is 3.54. The maximum absolute atomic E-state index is 6.29. The van der Waals surface area contributed by atoms with E-state index < -0.39 is 0 Å². The zero-order valence-corrected chi connectivity index (χ0v) is 20.2. The monoisotopic (exact) mass is 484 g/mol. The SMILES string of the molecule is COc1ccccc1-n1c(COc2ccccc2-c2ccccc2)nnc1SCc1cc(C)on1. The molecule has 5 aromatic rings. The Hall–Kier alpha value is -4.04. The van der Waals surface area contributed by atoms with Crippen LogP contribution >= 0.6 is 11.8 Å². The van der Waals surface area contributed by atoms with Crippen LogP contribution in [0.25, 0.3) is 16.8 Å². The number of hydrogen-bond acceptors (Lipinski definition) is 7. The van der Waals surface area contributed by atoms with Crippen LogP contribution in [0.1, 0.15) is 17.3 Å². The molecule has 0 aliphatic carbocycles. The Morgan fingerprint density at radius 1 is 0.886 bits per heavy atom. The summed E-state index contributed by atoms with van der Waals surface area (Å²) in [5.41, 5.74) is 3.80. The first-order chi connectivity index (χ1) is 17.2. The Kier molecular flexibility index (Phi) is 6.81. The van der Waals surface area contributed by atoms with E-state index in [1.54, 1.807) is 7.11 Å². The molecule has 2 aromatic heterocycles. The van der Waals surface area contributed by atoms with Crippen LogP contribution in [0.2, 0.25) is 0 Å². The third-order valence-corrected chi connectivity index (χ3v) is 6.34. The molecule has 8 heteroatoms. The fraction of sp³-hybridized carbons (Fsp3) is 0.148. The number of benzene rings is 3. The first-order valence-corrected chi connectivity index (χ1v) is 12.1. The highest BCUT2D eigenvalue weighted by atomic mass is 32.2. The molecule has 0 atom stereocenters. The second kappa shape index (κ2) is 10.5. The van der Waals surface area contributed by atoms with Crippen molar-refractivity contribution < 1.29 is 14.0 Å². The number of para-hydroxylation sites is 3. The minimum absolute atomic E-state index is 0.235. The van der Waals surface area contributed by atoms with Gasteiger partial charge in [0.2, 0.25) is 0 Å². The molecule has 0 aliphatic heterocycles. The van der Waals surface area contributed by atoms with E-state index in [4.69, 9.17) is 14.0 Å². The molecular weight excluding hydrogens is 460 g/mol. The van der Waals surface area contributed by atoms with E-state index in [2.05, 4.69) is 33.6 Å². The molecule has 7 nitrogen and oxygen atoms in total. The van der Waals surface area contributed by atoms with Gasteiger partial charge in [0, 0.05) is 17.4 Å². The molecule has 0 saturated carbocycles. The van der Waals surface area contributed by atoms with Crippen LogP contribution in [-0.4, -0.2) is 27.0 Å². The van der Waals surface area contributed by atoms with E-state index in [1.807, 2.05) is 78.2 Å². The van der Waals surface area contributed by atoms with Gasteiger partial charge in [-0.2, -0.15) is 0 Å². The Bertz CT molecular complexity index is 1410. The molecule has 0 radical (unpaired) electrons. The number of ether oxygens (including phenoxy) is 2. The normalized spacial score (nSPS) is 10.9. The Morgan fingerprint density at radius 2 is 1.63 bits per heavy atom. The van der Waals surface area contributed by atoms with Crippen molar-refractivity contribution in [2.75, 3.05) is 7.11 Å². The van der Waals surface area contributed by atoms with Crippen molar-refractivity contribution in [1.82, 2.24) is 19.9 Å². The maximum Gasteiger partial charge on any atom is 0.196 e. The molecular formula is C27H24N4O3S. The van der Waals surface area contributed by atoms with Gasteiger partial charge in [-0.25, -0.2) is 0 Å². The minimum atomic E-state index is 0.235. The van der Waals surface area contributed by atoms with Gasteiger partial charge in [0.05, 0.1) is 18.5 Å². The summed E-state index contributed by atoms with van der Waals surface area (Å²) in [6.07, 6.45) is 0. The van der Waals surface area contributed by atoms with E-state index in [-0.39, 0.29) is 6.61 Å². The maximum atomic E-state index is 6.29. The van der Waals surface area contributed by atoms with Gasteiger partial charge in [-0.3, -0.25) is 4.57 Å². The van der Waals surface area contributed by atoms with Crippen molar-refractivity contribution >= 4 is 11.8 Å². The number of rotatable bonds is 9. The molecule has 5 rings (SSSR count). The third-order valence-electron chi connectivity index (χ3n) is 5.38. The average Bonchev–Trinajstić information content (AvgIpc) is 3.52. The average molecular weight is 485 g/mol. The number of nitrogens with zero attached hydrogens (tertiary/aromatic N) is 4. The molecule has 0 spiro atoms. The zero-order chi connectivity index (χ0) is 24.0. The van der Waals surface area contributed by atoms with Crippen molar-refractivity contribution in [2.24, 2.45) is 0 Å². The first kappa shape index (κ1) is 22.7. The molecule has 0 aliphatic rings. The summed E-state index contributed by atoms with van der Waals surface area (Å²) >= 11 is 1.53. The van der Waals surface area contributed by atoms with Crippen LogP contribution in [0, 0.1) is 6.92 Å². The van der Waals surface area contributed by atoms with Gasteiger partial charge in [-0.15, -0.1) is 10.2 Å². The van der Waals surface area contributed by atoms with Crippen LogP contribution in [0.3, 0.4) is 0 Å². The quantitative estimate of drug-likeness (QED) is 0.234. The van der Waals surface area contributed by atoms with Gasteiger partial charge < -0.3 is 14.0 Å². The molecule has 3 aromatic carbocycles. The number of thioether (sulfide) groups is 1. The Balaban J connectivity index is 1.46. The van der Waals surface area contributed by atoms with Crippen molar-refractivity contribution in [1.29, 1.82) is 0 Å². The lowest BCUT2D eigenvalue weighted by molar-refractivity contribution is 0.293. The van der Waals surface area contributed by atoms with Crippen LogP contribution in [0.15, 0.2) is 94.6 Å². The second-order valence-corrected chi connectivity index (χ2v) is 8.72. The molecule has 0 bridgehead atoms. The Labute approximate surface area is 207 Å². The second-order valence-electron chi connectivity index (χ2n) is 7.77. The van der Waals surface area contributed by atoms with E-state index in [0.29, 0.717) is 16.7 Å². The van der Waals surface area contributed by atoms with Gasteiger partial charge >= 0.3 is 0 Å². The molecule has 0 unspecified atom stereocenters. The van der Waals surface area contributed by atoms with Gasteiger partial charge in [-0.05, 0) is 30.7 Å². The van der Waals surface area contributed by atoms with Crippen molar-refractivity contribution in [3.63, 3.8) is 0 Å². The summed E-state index contributed by atoms with van der Waals surface area (Å²) in [6.45, 7) is 2.11. The number of hydrogen-bond donors (Lipinski definition) is 0. The largest absolute Gasteiger partial charge is 0.495 e. The predicted octanol–water partition coefficient (Wildman–Crippen LogP) is 6.11. The van der Waals surface area contributed by atoms with Gasteiger partial charge in [0.25, 0.3) is 0 Å². The van der Waals surface area contributed by atoms with Crippen LogP contribution < -0.4 is 9.47 Å². The molecule has 0 saturated heterocycles. The number of aryl methyl sites for hydroxylation is 1. The minimum Gasteiger partial charge on any atom is -0.495 e. The van der Waals surface area contributed by atoms with E-state index in [9.17, 15) is 0 Å². The highest BCUT2D eigenvalue weighted by Crippen LogP contribution is 2.33. The summed E-state index contributed by atoms with van der Waals surface area (Å²) < 4.78 is 19.1. The zero-order valence-electron chi connectivity index (χ0n) is 19.4. The number of aromatic nitrogens is 4. The van der Waals surface area contributed by atoms with E-state index in [0.717, 1.165) is 39.8 Å². The Morgan fingerprint density at radius 3 is 2.40 bits per heavy atom. The van der Waals surface area contributed by atoms with E-state index in [1.165, 1.54) is 11.8 Å². The van der Waals surface area contributed by atoms with Gasteiger partial charge in [-0.1, -0.05) is 77.6 Å². The lowest BCUT2D eigenvalue weighted by Gasteiger charge is -2.15. The standard InChI is InChI=1S/C27H24N4O3S/c1-19-16-21(30-34-19)18-35-27-29-28-26(31(27)23-13-7-9-15-25(23)32-2)17-33-24-14-8-6-12-22(24)20-10-4-3-5-11-20/h3-16H,17-18H2,1-2H3. The molecule has 0 N–H and O–H groups in total. The summed E-state index contributed by atoms with van der Waals surface area (Å²) in [7, 11) is 1.65. The lowest BCUT2D eigenvalue weighted by Crippen LogP contribution is -2.08. The highest BCUT2D eigenvalue weighted by Gasteiger charge is 2.19. The number of methoxy groups -OCH3 is 1.